The Morgan fingerprint density at radius 2 is 1.95 bits per heavy atom. The molecule has 3 rings (SSSR count). The van der Waals surface area contributed by atoms with Gasteiger partial charge in [0, 0.05) is 6.04 Å². The molecule has 3 heteroatoms. The molecule has 0 bridgehead atoms. The van der Waals surface area contributed by atoms with Gasteiger partial charge in [0.05, 0.1) is 24.9 Å². The molecule has 3 unspecified atom stereocenters. The number of hydrogen-bond acceptors (Lipinski definition) is 3. The summed E-state index contributed by atoms with van der Waals surface area (Å²) in [7, 11) is 0. The van der Waals surface area contributed by atoms with Crippen LogP contribution in [-0.4, -0.2) is 36.0 Å². The lowest BCUT2D eigenvalue weighted by atomic mass is 9.85. The maximum atomic E-state index is 9.95. The summed E-state index contributed by atoms with van der Waals surface area (Å²) >= 11 is 0. The van der Waals surface area contributed by atoms with Crippen LogP contribution in [0.3, 0.4) is 0 Å². The molecule has 3 atom stereocenters. The van der Waals surface area contributed by atoms with Gasteiger partial charge in [-0.05, 0) is 50.4 Å². The van der Waals surface area contributed by atoms with Gasteiger partial charge in [-0.1, -0.05) is 26.2 Å². The molecule has 3 aliphatic rings. The number of aliphatic hydroxyl groups is 1. The Morgan fingerprint density at radius 3 is 2.55 bits per heavy atom. The van der Waals surface area contributed by atoms with Crippen LogP contribution in [0.15, 0.2) is 0 Å². The average molecular weight is 281 g/mol. The van der Waals surface area contributed by atoms with Crippen molar-refractivity contribution in [2.24, 2.45) is 11.8 Å². The van der Waals surface area contributed by atoms with Crippen molar-refractivity contribution in [2.75, 3.05) is 13.2 Å². The lowest BCUT2D eigenvalue weighted by molar-refractivity contribution is -0.0407. The van der Waals surface area contributed by atoms with Crippen LogP contribution in [0.5, 0.6) is 0 Å². The first-order valence-corrected chi connectivity index (χ1v) is 8.76. The maximum absolute atomic E-state index is 9.95. The van der Waals surface area contributed by atoms with Crippen molar-refractivity contribution in [3.8, 4) is 0 Å². The highest BCUT2D eigenvalue weighted by atomic mass is 16.5. The zero-order valence-electron chi connectivity index (χ0n) is 12.9. The Balaban J connectivity index is 1.53. The van der Waals surface area contributed by atoms with Crippen molar-refractivity contribution in [3.63, 3.8) is 0 Å². The van der Waals surface area contributed by atoms with E-state index in [0.717, 1.165) is 5.92 Å². The third kappa shape index (κ3) is 3.55. The number of ether oxygens (including phenoxy) is 1. The highest BCUT2D eigenvalue weighted by Crippen LogP contribution is 2.42. The molecule has 0 amide bonds. The molecular formula is C17H31NO2. The average Bonchev–Trinajstić information content (AvgIpc) is 3.37. The van der Waals surface area contributed by atoms with Crippen LogP contribution in [-0.2, 0) is 4.74 Å². The lowest BCUT2D eigenvalue weighted by Crippen LogP contribution is -2.55. The standard InChI is InChI=1S/C17H31NO2/c1-2-13-4-3-5-16(10-13)20-12-17(11-19,14-6-7-14)18-15-8-9-15/h13-16,18-19H,2-12H2,1H3. The van der Waals surface area contributed by atoms with Gasteiger partial charge in [0.2, 0.25) is 0 Å². The molecule has 0 aromatic rings. The minimum absolute atomic E-state index is 0.139. The Hall–Kier alpha value is -0.120. The van der Waals surface area contributed by atoms with E-state index in [1.807, 2.05) is 0 Å². The quantitative estimate of drug-likeness (QED) is 0.719. The van der Waals surface area contributed by atoms with Gasteiger partial charge in [0.25, 0.3) is 0 Å². The molecule has 2 N–H and O–H groups in total. The van der Waals surface area contributed by atoms with Crippen molar-refractivity contribution >= 4 is 0 Å². The fourth-order valence-corrected chi connectivity index (χ4v) is 3.80. The summed E-state index contributed by atoms with van der Waals surface area (Å²) in [4.78, 5) is 0. The van der Waals surface area contributed by atoms with Gasteiger partial charge in [-0.2, -0.15) is 0 Å². The predicted molar refractivity (Wildman–Crippen MR) is 80.7 cm³/mol. The summed E-state index contributed by atoms with van der Waals surface area (Å²) in [6, 6.07) is 0.640. The number of rotatable bonds is 8. The fraction of sp³-hybridized carbons (Fsp3) is 1.00. The summed E-state index contributed by atoms with van der Waals surface area (Å²) < 4.78 is 6.28. The van der Waals surface area contributed by atoms with Crippen LogP contribution in [0.2, 0.25) is 0 Å². The number of hydrogen-bond donors (Lipinski definition) is 2. The molecule has 3 aliphatic carbocycles. The summed E-state index contributed by atoms with van der Waals surface area (Å²) in [5, 5.41) is 13.7. The topological polar surface area (TPSA) is 41.5 Å². The first-order valence-electron chi connectivity index (χ1n) is 8.76. The van der Waals surface area contributed by atoms with E-state index in [2.05, 4.69) is 12.2 Å². The monoisotopic (exact) mass is 281 g/mol. The Kier molecular flexibility index (Phi) is 4.68. The molecular weight excluding hydrogens is 250 g/mol. The normalized spacial score (nSPS) is 33.9. The van der Waals surface area contributed by atoms with Gasteiger partial charge < -0.3 is 15.2 Å². The maximum Gasteiger partial charge on any atom is 0.0681 e. The molecule has 0 saturated heterocycles. The van der Waals surface area contributed by atoms with Crippen LogP contribution in [0.25, 0.3) is 0 Å². The van der Waals surface area contributed by atoms with Crippen molar-refractivity contribution in [1.29, 1.82) is 0 Å². The number of nitrogens with one attached hydrogen (secondary N) is 1. The Bertz CT molecular complexity index is 314. The van der Waals surface area contributed by atoms with E-state index in [0.29, 0.717) is 24.7 Å². The Labute approximate surface area is 123 Å². The smallest absolute Gasteiger partial charge is 0.0681 e. The van der Waals surface area contributed by atoms with Crippen LogP contribution in [0, 0.1) is 11.8 Å². The second-order valence-corrected chi connectivity index (χ2v) is 7.38. The van der Waals surface area contributed by atoms with Gasteiger partial charge in [0.15, 0.2) is 0 Å². The molecule has 0 radical (unpaired) electrons. The third-order valence-electron chi connectivity index (χ3n) is 5.60. The Morgan fingerprint density at radius 1 is 1.15 bits per heavy atom. The van der Waals surface area contributed by atoms with Crippen molar-refractivity contribution < 1.29 is 9.84 Å². The third-order valence-corrected chi connectivity index (χ3v) is 5.60. The molecule has 20 heavy (non-hydrogen) atoms. The zero-order valence-corrected chi connectivity index (χ0v) is 12.9. The molecule has 0 aliphatic heterocycles. The fourth-order valence-electron chi connectivity index (χ4n) is 3.80. The van der Waals surface area contributed by atoms with Crippen LogP contribution < -0.4 is 5.32 Å². The lowest BCUT2D eigenvalue weighted by Gasteiger charge is -2.37. The highest BCUT2D eigenvalue weighted by molar-refractivity contribution is 5.04. The minimum Gasteiger partial charge on any atom is -0.394 e. The molecule has 3 nitrogen and oxygen atoms in total. The van der Waals surface area contributed by atoms with Crippen molar-refractivity contribution in [2.45, 2.75) is 82.4 Å². The van der Waals surface area contributed by atoms with Gasteiger partial charge >= 0.3 is 0 Å². The first kappa shape index (κ1) is 14.8. The number of aliphatic hydroxyl groups excluding tert-OH is 1. The molecule has 0 aromatic heterocycles. The van der Waals surface area contributed by atoms with E-state index in [1.165, 1.54) is 57.8 Å². The molecule has 3 fully saturated rings. The molecule has 116 valence electrons. The van der Waals surface area contributed by atoms with E-state index in [4.69, 9.17) is 4.74 Å². The van der Waals surface area contributed by atoms with Crippen LogP contribution in [0.1, 0.15) is 64.7 Å². The summed E-state index contributed by atoms with van der Waals surface area (Å²) in [6.45, 7) is 3.24. The highest BCUT2D eigenvalue weighted by Gasteiger charge is 2.48. The molecule has 3 saturated carbocycles. The van der Waals surface area contributed by atoms with Crippen molar-refractivity contribution in [1.82, 2.24) is 5.32 Å². The summed E-state index contributed by atoms with van der Waals surface area (Å²) in [5.41, 5.74) is -0.139. The summed E-state index contributed by atoms with van der Waals surface area (Å²) in [5.74, 6) is 1.49. The molecule has 0 spiro atoms. The van der Waals surface area contributed by atoms with E-state index < -0.39 is 0 Å². The van der Waals surface area contributed by atoms with E-state index in [9.17, 15) is 5.11 Å². The van der Waals surface area contributed by atoms with Crippen LogP contribution >= 0.6 is 0 Å². The largest absolute Gasteiger partial charge is 0.394 e. The predicted octanol–water partition coefficient (Wildman–Crippen LogP) is 2.86. The van der Waals surface area contributed by atoms with E-state index in [1.54, 1.807) is 0 Å². The second-order valence-electron chi connectivity index (χ2n) is 7.38. The van der Waals surface area contributed by atoms with Gasteiger partial charge in [0.1, 0.15) is 0 Å². The second kappa shape index (κ2) is 6.33. The SMILES string of the molecule is CCC1CCCC(OCC(CO)(NC2CC2)C2CC2)C1. The van der Waals surface area contributed by atoms with Gasteiger partial charge in [-0.25, -0.2) is 0 Å². The molecule has 0 heterocycles. The van der Waals surface area contributed by atoms with E-state index >= 15 is 0 Å². The van der Waals surface area contributed by atoms with Crippen LogP contribution in [0.4, 0.5) is 0 Å². The zero-order chi connectivity index (χ0) is 14.0. The minimum atomic E-state index is -0.139. The first-order chi connectivity index (χ1) is 9.75. The molecule has 0 aromatic carbocycles. The van der Waals surface area contributed by atoms with Gasteiger partial charge in [-0.15, -0.1) is 0 Å². The summed E-state index contributed by atoms with van der Waals surface area (Å²) in [6.07, 6.45) is 11.9. The van der Waals surface area contributed by atoms with Gasteiger partial charge in [-0.3, -0.25) is 0 Å². The van der Waals surface area contributed by atoms with Crippen molar-refractivity contribution in [3.05, 3.63) is 0 Å². The van der Waals surface area contributed by atoms with E-state index in [-0.39, 0.29) is 12.1 Å².